The van der Waals surface area contributed by atoms with Gasteiger partial charge in [0.25, 0.3) is 0 Å². The van der Waals surface area contributed by atoms with E-state index >= 15 is 0 Å². The van der Waals surface area contributed by atoms with Gasteiger partial charge in [-0.05, 0) is 51.2 Å². The molecule has 0 bridgehead atoms. The van der Waals surface area contributed by atoms with Crippen LogP contribution >= 0.6 is 24.2 Å². The fraction of sp³-hybridized carbons (Fsp3) is 0.333. The highest BCUT2D eigenvalue weighted by atomic mass is 35.5. The van der Waals surface area contributed by atoms with Gasteiger partial charge in [-0.1, -0.05) is 42.1 Å². The molecule has 0 amide bonds. The van der Waals surface area contributed by atoms with Crippen molar-refractivity contribution in [3.8, 4) is 5.75 Å². The third-order valence-electron chi connectivity index (χ3n) is 3.66. The Morgan fingerprint density at radius 2 is 1.59 bits per heavy atom. The first-order chi connectivity index (χ1) is 10.1. The molecule has 0 heterocycles. The molecule has 0 aromatic heterocycles. The van der Waals surface area contributed by atoms with E-state index in [9.17, 15) is 0 Å². The van der Waals surface area contributed by atoms with E-state index in [2.05, 4.69) is 62.3 Å². The molecule has 0 N–H and O–H groups in total. The van der Waals surface area contributed by atoms with Crippen LogP contribution < -0.4 is 4.74 Å². The second kappa shape index (κ2) is 9.09. The number of likely N-dealkylation sites (N-methyl/N-ethyl adjacent to an activating group) is 1. The standard InChI is InChI=1S/C18H23NOS.ClH/c1-14(19(2)3)13-15-9-5-7-11-17(15)21-18-12-8-6-10-16(18)20-4;/h5-12,14H,13H2,1-4H3;1H. The number of rotatable bonds is 6. The van der Waals surface area contributed by atoms with E-state index in [-0.39, 0.29) is 12.4 Å². The molecule has 0 fully saturated rings. The summed E-state index contributed by atoms with van der Waals surface area (Å²) in [5, 5.41) is 0. The van der Waals surface area contributed by atoms with Gasteiger partial charge in [0.1, 0.15) is 5.75 Å². The van der Waals surface area contributed by atoms with E-state index in [1.54, 1.807) is 18.9 Å². The van der Waals surface area contributed by atoms with Crippen molar-refractivity contribution in [3.05, 3.63) is 54.1 Å². The summed E-state index contributed by atoms with van der Waals surface area (Å²) in [5.74, 6) is 0.929. The molecular weight excluding hydrogens is 314 g/mol. The topological polar surface area (TPSA) is 12.5 Å². The Bertz CT molecular complexity index is 589. The minimum Gasteiger partial charge on any atom is -0.496 e. The predicted octanol–water partition coefficient (Wildman–Crippen LogP) is 4.76. The van der Waals surface area contributed by atoms with E-state index in [1.807, 2.05) is 12.1 Å². The zero-order valence-corrected chi connectivity index (χ0v) is 15.2. The molecule has 0 radical (unpaired) electrons. The molecule has 2 nitrogen and oxygen atoms in total. The fourth-order valence-electron chi connectivity index (χ4n) is 2.09. The molecule has 4 heteroatoms. The maximum atomic E-state index is 5.45. The first-order valence-electron chi connectivity index (χ1n) is 7.17. The Kier molecular flexibility index (Phi) is 7.80. The molecule has 0 saturated carbocycles. The maximum absolute atomic E-state index is 5.45. The van der Waals surface area contributed by atoms with Crippen molar-refractivity contribution in [1.82, 2.24) is 4.90 Å². The molecule has 1 atom stereocenters. The molecule has 0 spiro atoms. The van der Waals surface area contributed by atoms with Crippen LogP contribution in [0, 0.1) is 0 Å². The lowest BCUT2D eigenvalue weighted by Gasteiger charge is -2.21. The van der Waals surface area contributed by atoms with E-state index in [0.29, 0.717) is 6.04 Å². The average Bonchev–Trinajstić information content (AvgIpc) is 2.49. The van der Waals surface area contributed by atoms with E-state index < -0.39 is 0 Å². The number of para-hydroxylation sites is 1. The minimum absolute atomic E-state index is 0. The van der Waals surface area contributed by atoms with Gasteiger partial charge in [0.15, 0.2) is 0 Å². The Morgan fingerprint density at radius 1 is 1.00 bits per heavy atom. The number of benzene rings is 2. The summed E-state index contributed by atoms with van der Waals surface area (Å²) < 4.78 is 5.45. The van der Waals surface area contributed by atoms with Crippen LogP contribution in [0.3, 0.4) is 0 Å². The van der Waals surface area contributed by atoms with Crippen LogP contribution in [0.25, 0.3) is 0 Å². The summed E-state index contributed by atoms with van der Waals surface area (Å²) in [6.07, 6.45) is 1.05. The van der Waals surface area contributed by atoms with Crippen LogP contribution in [0.2, 0.25) is 0 Å². The van der Waals surface area contributed by atoms with Crippen molar-refractivity contribution in [2.75, 3.05) is 21.2 Å². The minimum atomic E-state index is 0. The lowest BCUT2D eigenvalue weighted by atomic mass is 10.1. The molecule has 120 valence electrons. The van der Waals surface area contributed by atoms with Crippen molar-refractivity contribution in [1.29, 1.82) is 0 Å². The number of hydrogen-bond donors (Lipinski definition) is 0. The highest BCUT2D eigenvalue weighted by molar-refractivity contribution is 7.99. The smallest absolute Gasteiger partial charge is 0.132 e. The van der Waals surface area contributed by atoms with E-state index in [0.717, 1.165) is 17.1 Å². The third-order valence-corrected chi connectivity index (χ3v) is 4.83. The molecular formula is C18H24ClNOS. The molecule has 2 rings (SSSR count). The second-order valence-corrected chi connectivity index (χ2v) is 6.46. The Labute approximate surface area is 144 Å². The largest absolute Gasteiger partial charge is 0.496 e. The highest BCUT2D eigenvalue weighted by Crippen LogP contribution is 2.36. The highest BCUT2D eigenvalue weighted by Gasteiger charge is 2.11. The van der Waals surface area contributed by atoms with Gasteiger partial charge in [-0.25, -0.2) is 0 Å². The van der Waals surface area contributed by atoms with Gasteiger partial charge in [-0.15, -0.1) is 12.4 Å². The van der Waals surface area contributed by atoms with Crippen molar-refractivity contribution in [2.24, 2.45) is 0 Å². The molecule has 22 heavy (non-hydrogen) atoms. The van der Waals surface area contributed by atoms with E-state index in [4.69, 9.17) is 4.74 Å². The van der Waals surface area contributed by atoms with Gasteiger partial charge in [-0.2, -0.15) is 0 Å². The van der Waals surface area contributed by atoms with Crippen LogP contribution in [0.1, 0.15) is 12.5 Å². The van der Waals surface area contributed by atoms with Crippen LogP contribution in [-0.2, 0) is 6.42 Å². The summed E-state index contributed by atoms with van der Waals surface area (Å²) in [4.78, 5) is 4.71. The summed E-state index contributed by atoms with van der Waals surface area (Å²) in [6, 6.07) is 17.3. The van der Waals surface area contributed by atoms with Crippen molar-refractivity contribution in [3.63, 3.8) is 0 Å². The lowest BCUT2D eigenvalue weighted by Crippen LogP contribution is -2.26. The number of methoxy groups -OCH3 is 1. The van der Waals surface area contributed by atoms with Crippen LogP contribution in [-0.4, -0.2) is 32.1 Å². The first-order valence-corrected chi connectivity index (χ1v) is 7.98. The van der Waals surface area contributed by atoms with Crippen molar-refractivity contribution >= 4 is 24.2 Å². The Balaban J connectivity index is 0.00000242. The summed E-state index contributed by atoms with van der Waals surface area (Å²) in [6.45, 7) is 2.25. The number of hydrogen-bond acceptors (Lipinski definition) is 3. The summed E-state index contributed by atoms with van der Waals surface area (Å²) >= 11 is 1.78. The molecule has 0 aliphatic rings. The van der Waals surface area contributed by atoms with E-state index in [1.165, 1.54) is 10.5 Å². The lowest BCUT2D eigenvalue weighted by molar-refractivity contribution is 0.311. The molecule has 1 unspecified atom stereocenters. The molecule has 0 aliphatic heterocycles. The molecule has 0 aliphatic carbocycles. The quantitative estimate of drug-likeness (QED) is 0.754. The van der Waals surface area contributed by atoms with Gasteiger partial charge in [0.05, 0.1) is 12.0 Å². The molecule has 2 aromatic rings. The van der Waals surface area contributed by atoms with Gasteiger partial charge in [-0.3, -0.25) is 0 Å². The van der Waals surface area contributed by atoms with Gasteiger partial charge in [0, 0.05) is 10.9 Å². The first kappa shape index (κ1) is 18.9. The third kappa shape index (κ3) is 4.94. The zero-order chi connectivity index (χ0) is 15.2. The number of ether oxygens (including phenoxy) is 1. The second-order valence-electron chi connectivity index (χ2n) is 5.38. The summed E-state index contributed by atoms with van der Waals surface area (Å²) in [7, 11) is 5.97. The normalized spacial score (nSPS) is 11.9. The Hall–Kier alpha value is -1.16. The van der Waals surface area contributed by atoms with Gasteiger partial charge >= 0.3 is 0 Å². The summed E-state index contributed by atoms with van der Waals surface area (Å²) in [5.41, 5.74) is 1.38. The predicted molar refractivity (Wildman–Crippen MR) is 97.7 cm³/mol. The Morgan fingerprint density at radius 3 is 2.23 bits per heavy atom. The monoisotopic (exact) mass is 337 g/mol. The maximum Gasteiger partial charge on any atom is 0.132 e. The SMILES string of the molecule is COc1ccccc1Sc1ccccc1CC(C)N(C)C.Cl. The van der Waals surface area contributed by atoms with Crippen molar-refractivity contribution < 1.29 is 4.74 Å². The zero-order valence-electron chi connectivity index (χ0n) is 13.6. The number of nitrogens with zero attached hydrogens (tertiary/aromatic N) is 1. The molecule has 2 aromatic carbocycles. The van der Waals surface area contributed by atoms with Gasteiger partial charge < -0.3 is 9.64 Å². The molecule has 0 saturated heterocycles. The fourth-order valence-corrected chi connectivity index (χ4v) is 3.16. The van der Waals surface area contributed by atoms with Crippen LogP contribution in [0.5, 0.6) is 5.75 Å². The van der Waals surface area contributed by atoms with Crippen LogP contribution in [0.15, 0.2) is 58.3 Å². The van der Waals surface area contributed by atoms with Crippen molar-refractivity contribution in [2.45, 2.75) is 29.2 Å². The number of halogens is 1. The van der Waals surface area contributed by atoms with Crippen LogP contribution in [0.4, 0.5) is 0 Å². The average molecular weight is 338 g/mol. The van der Waals surface area contributed by atoms with Gasteiger partial charge in [0.2, 0.25) is 0 Å².